The Hall–Kier alpha value is -3.16. The summed E-state index contributed by atoms with van der Waals surface area (Å²) in [6, 6.07) is 7.67. The third kappa shape index (κ3) is 3.55. The minimum Gasteiger partial charge on any atom is -0.383 e. The Kier molecular flexibility index (Phi) is 4.62. The van der Waals surface area contributed by atoms with E-state index in [-0.39, 0.29) is 5.91 Å². The molecule has 1 aliphatic heterocycles. The smallest absolute Gasteiger partial charge is 0.253 e. The Morgan fingerprint density at radius 3 is 2.63 bits per heavy atom. The number of fused-ring (bicyclic) bond motifs is 1. The van der Waals surface area contributed by atoms with Gasteiger partial charge in [-0.15, -0.1) is 0 Å². The minimum absolute atomic E-state index is 0.118. The van der Waals surface area contributed by atoms with Crippen LogP contribution in [0.15, 0.2) is 30.5 Å². The first-order valence-electron chi connectivity index (χ1n) is 9.19. The fraction of sp³-hybridized carbons (Fsp3) is 0.368. The molecule has 0 radical (unpaired) electrons. The number of nitrogens with zero attached hydrogens (tertiary/aromatic N) is 5. The van der Waals surface area contributed by atoms with Gasteiger partial charge >= 0.3 is 0 Å². The van der Waals surface area contributed by atoms with Crippen molar-refractivity contribution >= 4 is 28.7 Å². The van der Waals surface area contributed by atoms with Crippen LogP contribution < -0.4 is 11.1 Å². The summed E-state index contributed by atoms with van der Waals surface area (Å²) in [5.41, 5.74) is 8.44. The monoisotopic (exact) mass is 365 g/mol. The van der Waals surface area contributed by atoms with Crippen molar-refractivity contribution in [3.8, 4) is 0 Å². The quantitative estimate of drug-likeness (QED) is 0.735. The predicted molar refractivity (Wildman–Crippen MR) is 104 cm³/mol. The van der Waals surface area contributed by atoms with Gasteiger partial charge in [0, 0.05) is 32.2 Å². The molecule has 2 aromatic heterocycles. The Bertz CT molecular complexity index is 958. The Labute approximate surface area is 157 Å². The number of carbonyl (C=O) groups is 1. The van der Waals surface area contributed by atoms with Crippen LogP contribution in [0.1, 0.15) is 35.2 Å². The van der Waals surface area contributed by atoms with Crippen molar-refractivity contribution in [2.45, 2.75) is 25.8 Å². The van der Waals surface area contributed by atoms with E-state index in [4.69, 9.17) is 5.73 Å². The first-order valence-corrected chi connectivity index (χ1v) is 9.19. The largest absolute Gasteiger partial charge is 0.383 e. The van der Waals surface area contributed by atoms with E-state index in [1.807, 2.05) is 36.2 Å². The van der Waals surface area contributed by atoms with Crippen molar-refractivity contribution in [3.05, 3.63) is 41.6 Å². The van der Waals surface area contributed by atoms with Crippen LogP contribution in [-0.4, -0.2) is 43.6 Å². The molecule has 1 fully saturated rings. The molecule has 0 bridgehead atoms. The molecule has 4 rings (SSSR count). The number of piperidine rings is 1. The van der Waals surface area contributed by atoms with Crippen LogP contribution in [0.2, 0.25) is 0 Å². The fourth-order valence-corrected chi connectivity index (χ4v) is 3.35. The van der Waals surface area contributed by atoms with Crippen LogP contribution in [0.4, 0.5) is 11.8 Å². The number of hydrogen-bond acceptors (Lipinski definition) is 6. The highest BCUT2D eigenvalue weighted by molar-refractivity contribution is 5.94. The van der Waals surface area contributed by atoms with Gasteiger partial charge in [0.15, 0.2) is 5.65 Å². The molecule has 27 heavy (non-hydrogen) atoms. The Morgan fingerprint density at radius 2 is 1.89 bits per heavy atom. The van der Waals surface area contributed by atoms with E-state index in [0.29, 0.717) is 24.0 Å². The summed E-state index contributed by atoms with van der Waals surface area (Å²) in [4.78, 5) is 23.2. The van der Waals surface area contributed by atoms with Crippen molar-refractivity contribution in [2.75, 3.05) is 24.1 Å². The van der Waals surface area contributed by atoms with Crippen LogP contribution in [0.5, 0.6) is 0 Å². The zero-order chi connectivity index (χ0) is 18.8. The third-order valence-corrected chi connectivity index (χ3v) is 4.92. The van der Waals surface area contributed by atoms with E-state index >= 15 is 0 Å². The topological polar surface area (TPSA) is 102 Å². The molecular weight excluding hydrogens is 342 g/mol. The van der Waals surface area contributed by atoms with E-state index in [2.05, 4.69) is 20.4 Å². The molecule has 1 saturated heterocycles. The summed E-state index contributed by atoms with van der Waals surface area (Å²) in [5.74, 6) is 0.974. The second-order valence-corrected chi connectivity index (χ2v) is 6.84. The molecule has 8 heteroatoms. The van der Waals surface area contributed by atoms with Crippen molar-refractivity contribution in [1.29, 1.82) is 0 Å². The maximum atomic E-state index is 12.5. The number of benzene rings is 1. The highest BCUT2D eigenvalue weighted by atomic mass is 16.2. The second-order valence-electron chi connectivity index (χ2n) is 6.84. The summed E-state index contributed by atoms with van der Waals surface area (Å²) in [6.07, 6.45) is 5.06. The molecule has 1 amide bonds. The molecule has 0 aliphatic carbocycles. The van der Waals surface area contributed by atoms with Gasteiger partial charge < -0.3 is 16.0 Å². The zero-order valence-corrected chi connectivity index (χ0v) is 15.4. The number of hydrogen-bond donors (Lipinski definition) is 2. The van der Waals surface area contributed by atoms with E-state index < -0.39 is 0 Å². The van der Waals surface area contributed by atoms with E-state index in [0.717, 1.165) is 42.4 Å². The number of likely N-dealkylation sites (tertiary alicyclic amines) is 1. The zero-order valence-electron chi connectivity index (χ0n) is 15.4. The number of carbonyl (C=O) groups excluding carboxylic acids is 1. The van der Waals surface area contributed by atoms with Crippen molar-refractivity contribution < 1.29 is 4.79 Å². The normalized spacial score (nSPS) is 14.5. The molecule has 3 heterocycles. The van der Waals surface area contributed by atoms with E-state index in [1.54, 1.807) is 10.9 Å². The molecule has 140 valence electrons. The van der Waals surface area contributed by atoms with Crippen LogP contribution in [0, 0.1) is 0 Å². The SMILES string of the molecule is Cn1ncc2c(N)nc(NCc3ccc(C(=O)N4CCCCC4)cc3)nc21. The second kappa shape index (κ2) is 7.22. The summed E-state index contributed by atoms with van der Waals surface area (Å²) in [6.45, 7) is 2.26. The Morgan fingerprint density at radius 1 is 1.15 bits per heavy atom. The molecule has 8 nitrogen and oxygen atoms in total. The van der Waals surface area contributed by atoms with Crippen LogP contribution in [0.3, 0.4) is 0 Å². The molecule has 0 unspecified atom stereocenters. The molecule has 0 spiro atoms. The summed E-state index contributed by atoms with van der Waals surface area (Å²) < 4.78 is 1.67. The molecule has 1 aromatic carbocycles. The van der Waals surface area contributed by atoms with E-state index in [1.165, 1.54) is 6.42 Å². The number of nitrogens with one attached hydrogen (secondary N) is 1. The van der Waals surface area contributed by atoms with Gasteiger partial charge in [0.05, 0.1) is 11.6 Å². The summed E-state index contributed by atoms with van der Waals surface area (Å²) in [5, 5.41) is 8.07. The maximum absolute atomic E-state index is 12.5. The van der Waals surface area contributed by atoms with Gasteiger partial charge in [-0.2, -0.15) is 15.1 Å². The first kappa shape index (κ1) is 17.3. The van der Waals surface area contributed by atoms with Crippen LogP contribution >= 0.6 is 0 Å². The number of amides is 1. The van der Waals surface area contributed by atoms with Gasteiger partial charge in [0.25, 0.3) is 5.91 Å². The van der Waals surface area contributed by atoms with Gasteiger partial charge in [-0.05, 0) is 37.0 Å². The Balaban J connectivity index is 1.43. The van der Waals surface area contributed by atoms with Gasteiger partial charge in [-0.25, -0.2) is 0 Å². The van der Waals surface area contributed by atoms with E-state index in [9.17, 15) is 4.79 Å². The lowest BCUT2D eigenvalue weighted by molar-refractivity contribution is 0.0724. The predicted octanol–water partition coefficient (Wildman–Crippen LogP) is 2.18. The molecule has 0 atom stereocenters. The first-order chi connectivity index (χ1) is 13.1. The van der Waals surface area contributed by atoms with Crippen molar-refractivity contribution in [1.82, 2.24) is 24.6 Å². The number of aromatic nitrogens is 4. The average molecular weight is 365 g/mol. The third-order valence-electron chi connectivity index (χ3n) is 4.92. The number of anilines is 2. The fourth-order valence-electron chi connectivity index (χ4n) is 3.35. The average Bonchev–Trinajstić information content (AvgIpc) is 3.08. The van der Waals surface area contributed by atoms with Gasteiger partial charge in [0.1, 0.15) is 5.82 Å². The summed E-state index contributed by atoms with van der Waals surface area (Å²) >= 11 is 0. The van der Waals surface area contributed by atoms with Gasteiger partial charge in [-0.1, -0.05) is 12.1 Å². The number of rotatable bonds is 4. The molecule has 0 saturated carbocycles. The molecule has 1 aliphatic rings. The number of aryl methyl sites for hydroxylation is 1. The molecule has 3 N–H and O–H groups in total. The maximum Gasteiger partial charge on any atom is 0.253 e. The standard InChI is InChI=1S/C19H23N7O/c1-25-17-15(12-22-25)16(20)23-19(24-17)21-11-13-5-7-14(8-6-13)18(27)26-9-3-2-4-10-26/h5-8,12H,2-4,9-11H2,1H3,(H3,20,21,23,24). The van der Waals surface area contributed by atoms with Crippen LogP contribution in [0.25, 0.3) is 11.0 Å². The van der Waals surface area contributed by atoms with Crippen molar-refractivity contribution in [2.24, 2.45) is 7.05 Å². The lowest BCUT2D eigenvalue weighted by atomic mass is 10.1. The minimum atomic E-state index is 0.118. The molecular formula is C19H23N7O. The molecule has 3 aromatic rings. The van der Waals surface area contributed by atoms with Gasteiger partial charge in [-0.3, -0.25) is 9.48 Å². The number of nitrogen functional groups attached to an aromatic ring is 1. The highest BCUT2D eigenvalue weighted by Crippen LogP contribution is 2.19. The highest BCUT2D eigenvalue weighted by Gasteiger charge is 2.17. The number of nitrogens with two attached hydrogens (primary N) is 1. The lowest BCUT2D eigenvalue weighted by Crippen LogP contribution is -2.35. The van der Waals surface area contributed by atoms with Crippen LogP contribution in [-0.2, 0) is 13.6 Å². The van der Waals surface area contributed by atoms with Gasteiger partial charge in [0.2, 0.25) is 5.95 Å². The summed E-state index contributed by atoms with van der Waals surface area (Å²) in [7, 11) is 1.82. The lowest BCUT2D eigenvalue weighted by Gasteiger charge is -2.26. The van der Waals surface area contributed by atoms with Crippen molar-refractivity contribution in [3.63, 3.8) is 0 Å².